The topological polar surface area (TPSA) is 180 Å². The molecule has 1 aliphatic heterocycles. The van der Waals surface area contributed by atoms with Gasteiger partial charge >= 0.3 is 17.9 Å². The molecule has 1 aromatic rings. The van der Waals surface area contributed by atoms with Crippen LogP contribution in [0.4, 0.5) is 0 Å². The van der Waals surface area contributed by atoms with Crippen molar-refractivity contribution >= 4 is 29.6 Å². The maximum absolute atomic E-state index is 11.9. The number of nitrogens with one attached hydrogen (secondary N) is 1. The first-order chi connectivity index (χ1) is 18.4. The Kier molecular flexibility index (Phi) is 12.0. The van der Waals surface area contributed by atoms with Gasteiger partial charge in [-0.2, -0.15) is 5.53 Å². The van der Waals surface area contributed by atoms with Gasteiger partial charge in [0.1, 0.15) is 30.4 Å². The summed E-state index contributed by atoms with van der Waals surface area (Å²) >= 11 is 0. The fraction of sp³-hybridized carbons (Fsp3) is 0.577. The van der Waals surface area contributed by atoms with Crippen LogP contribution in [0.15, 0.2) is 34.5 Å². The van der Waals surface area contributed by atoms with Crippen LogP contribution < -0.4 is 16.0 Å². The van der Waals surface area contributed by atoms with Crippen LogP contribution in [-0.2, 0) is 39.8 Å². The van der Waals surface area contributed by atoms with E-state index in [4.69, 9.17) is 29.4 Å². The minimum Gasteiger partial charge on any atom is -0.491 e. The molecule has 5 atom stereocenters. The molecule has 0 spiro atoms. The SMILES string of the molecule is CCC1/C(=N/NN=C(N)Cc2ccc(OC(C)C)cc2)OC(COC(C)=O)C(OC(C)=O)C(O)C1OC(C)=O. The second kappa shape index (κ2) is 14.9. The molecule has 13 nitrogen and oxygen atoms in total. The van der Waals surface area contributed by atoms with Gasteiger partial charge in [0, 0.05) is 27.2 Å². The van der Waals surface area contributed by atoms with Gasteiger partial charge in [0.05, 0.1) is 12.0 Å². The second-order valence-corrected chi connectivity index (χ2v) is 9.25. The van der Waals surface area contributed by atoms with Gasteiger partial charge in [-0.15, -0.1) is 10.2 Å². The van der Waals surface area contributed by atoms with Gasteiger partial charge in [-0.3, -0.25) is 14.4 Å². The van der Waals surface area contributed by atoms with Crippen LogP contribution in [0, 0.1) is 5.92 Å². The second-order valence-electron chi connectivity index (χ2n) is 9.25. The fourth-order valence-electron chi connectivity index (χ4n) is 3.97. The number of esters is 3. The van der Waals surface area contributed by atoms with Crippen LogP contribution in [0.1, 0.15) is 53.5 Å². The molecule has 1 fully saturated rings. The lowest BCUT2D eigenvalue weighted by molar-refractivity contribution is -0.178. The van der Waals surface area contributed by atoms with Crippen molar-refractivity contribution in [3.05, 3.63) is 29.8 Å². The molecular formula is C26H38N4O9. The molecule has 0 radical (unpaired) electrons. The van der Waals surface area contributed by atoms with Crippen molar-refractivity contribution in [2.24, 2.45) is 21.9 Å². The van der Waals surface area contributed by atoms with Crippen molar-refractivity contribution in [1.82, 2.24) is 5.53 Å². The largest absolute Gasteiger partial charge is 0.491 e. The van der Waals surface area contributed by atoms with E-state index in [-0.39, 0.29) is 24.4 Å². The molecule has 0 bridgehead atoms. The van der Waals surface area contributed by atoms with E-state index >= 15 is 0 Å². The van der Waals surface area contributed by atoms with Crippen LogP contribution in [0.25, 0.3) is 0 Å². The van der Waals surface area contributed by atoms with Gasteiger partial charge in [0.15, 0.2) is 12.2 Å². The molecule has 0 aromatic heterocycles. The molecule has 13 heteroatoms. The van der Waals surface area contributed by atoms with Gasteiger partial charge in [-0.25, -0.2) is 0 Å². The van der Waals surface area contributed by atoms with Crippen molar-refractivity contribution in [1.29, 1.82) is 0 Å². The van der Waals surface area contributed by atoms with E-state index in [1.165, 1.54) is 13.8 Å². The highest BCUT2D eigenvalue weighted by atomic mass is 16.6. The van der Waals surface area contributed by atoms with Crippen LogP contribution in [0.2, 0.25) is 0 Å². The molecule has 5 unspecified atom stereocenters. The summed E-state index contributed by atoms with van der Waals surface area (Å²) in [7, 11) is 0. The summed E-state index contributed by atoms with van der Waals surface area (Å²) in [6.07, 6.45) is -4.49. The molecule has 2 rings (SSSR count). The van der Waals surface area contributed by atoms with Crippen molar-refractivity contribution in [2.45, 2.75) is 84.9 Å². The number of benzene rings is 1. The van der Waals surface area contributed by atoms with Crippen molar-refractivity contribution in [3.8, 4) is 5.75 Å². The molecule has 4 N–H and O–H groups in total. The Morgan fingerprint density at radius 3 is 2.21 bits per heavy atom. The average Bonchev–Trinajstić information content (AvgIpc) is 2.93. The third-order valence-electron chi connectivity index (χ3n) is 5.55. The lowest BCUT2D eigenvalue weighted by Crippen LogP contribution is -2.49. The lowest BCUT2D eigenvalue weighted by atomic mass is 9.92. The van der Waals surface area contributed by atoms with E-state index in [0.29, 0.717) is 12.8 Å². The number of hydrazone groups is 2. The highest BCUT2D eigenvalue weighted by Crippen LogP contribution is 2.29. The van der Waals surface area contributed by atoms with E-state index < -0.39 is 48.2 Å². The summed E-state index contributed by atoms with van der Waals surface area (Å²) < 4.78 is 27.3. The standard InChI is InChI=1S/C26H38N4O9/c1-7-20-24(37-16(5)32)23(34)25(38-17(6)33)21(13-35-15(4)31)39-26(20)29-30-28-22(27)12-18-8-10-19(11-9-18)36-14(2)3/h8-11,14,20-21,23-25,30,34H,7,12-13H2,1-6H3,(H2,27,28)/b29-26-. The first-order valence-electron chi connectivity index (χ1n) is 12.6. The number of aliphatic hydroxyl groups is 1. The van der Waals surface area contributed by atoms with Crippen molar-refractivity contribution in [2.75, 3.05) is 6.61 Å². The molecule has 39 heavy (non-hydrogen) atoms. The number of hydrogen-bond acceptors (Lipinski definition) is 12. The van der Waals surface area contributed by atoms with E-state index in [1.54, 1.807) is 6.92 Å². The third-order valence-corrected chi connectivity index (χ3v) is 5.55. The molecule has 1 aliphatic rings. The van der Waals surface area contributed by atoms with Gasteiger partial charge < -0.3 is 34.5 Å². The van der Waals surface area contributed by atoms with Crippen LogP contribution in [0.3, 0.4) is 0 Å². The lowest BCUT2D eigenvalue weighted by Gasteiger charge is -2.30. The minimum atomic E-state index is -1.51. The molecule has 1 aromatic carbocycles. The Bertz CT molecular complexity index is 1040. The van der Waals surface area contributed by atoms with Crippen molar-refractivity contribution in [3.63, 3.8) is 0 Å². The summed E-state index contributed by atoms with van der Waals surface area (Å²) in [6, 6.07) is 7.41. The zero-order valence-corrected chi connectivity index (χ0v) is 23.1. The number of carbonyl (C=O) groups is 3. The molecule has 1 saturated heterocycles. The smallest absolute Gasteiger partial charge is 0.303 e. The molecule has 0 saturated carbocycles. The highest BCUT2D eigenvalue weighted by molar-refractivity contribution is 5.83. The fourth-order valence-corrected chi connectivity index (χ4v) is 3.97. The number of carbonyl (C=O) groups excluding carboxylic acids is 3. The zero-order chi connectivity index (χ0) is 29.1. The van der Waals surface area contributed by atoms with Gasteiger partial charge in [0.25, 0.3) is 0 Å². The Morgan fingerprint density at radius 1 is 1.05 bits per heavy atom. The van der Waals surface area contributed by atoms with Gasteiger partial charge in [0.2, 0.25) is 5.90 Å². The summed E-state index contributed by atoms with van der Waals surface area (Å²) in [5.74, 6) is -1.82. The highest BCUT2D eigenvalue weighted by Gasteiger charge is 2.48. The Balaban J connectivity index is 2.30. The Hall–Kier alpha value is -3.87. The normalized spacial score (nSPS) is 24.4. The maximum atomic E-state index is 11.9. The first-order valence-corrected chi connectivity index (χ1v) is 12.6. The van der Waals surface area contributed by atoms with E-state index in [1.807, 2.05) is 38.1 Å². The quantitative estimate of drug-likeness (QED) is 0.119. The van der Waals surface area contributed by atoms with Gasteiger partial charge in [-0.1, -0.05) is 19.1 Å². The number of rotatable bonds is 11. The summed E-state index contributed by atoms with van der Waals surface area (Å²) in [6.45, 7) is 8.82. The monoisotopic (exact) mass is 550 g/mol. The van der Waals surface area contributed by atoms with E-state index in [0.717, 1.165) is 18.2 Å². The Morgan fingerprint density at radius 2 is 1.67 bits per heavy atom. The van der Waals surface area contributed by atoms with Crippen LogP contribution in [0.5, 0.6) is 5.75 Å². The van der Waals surface area contributed by atoms with Gasteiger partial charge in [-0.05, 0) is 38.0 Å². The first kappa shape index (κ1) is 31.3. The van der Waals surface area contributed by atoms with Crippen LogP contribution >= 0.6 is 0 Å². The average molecular weight is 551 g/mol. The summed E-state index contributed by atoms with van der Waals surface area (Å²) in [5, 5.41) is 19.3. The molecule has 1 heterocycles. The third kappa shape index (κ3) is 10.1. The molecular weight excluding hydrogens is 512 g/mol. The minimum absolute atomic E-state index is 0.0126. The molecule has 0 amide bonds. The summed E-state index contributed by atoms with van der Waals surface area (Å²) in [5.41, 5.74) is 9.45. The van der Waals surface area contributed by atoms with Crippen molar-refractivity contribution < 1.29 is 43.2 Å². The number of nitrogens with zero attached hydrogens (tertiary/aromatic N) is 2. The predicted molar refractivity (Wildman–Crippen MR) is 141 cm³/mol. The summed E-state index contributed by atoms with van der Waals surface area (Å²) in [4.78, 5) is 35.1. The Labute approximate surface area is 227 Å². The van der Waals surface area contributed by atoms with Crippen LogP contribution in [-0.4, -0.2) is 71.9 Å². The number of amidine groups is 1. The number of ether oxygens (including phenoxy) is 5. The maximum Gasteiger partial charge on any atom is 0.303 e. The zero-order valence-electron chi connectivity index (χ0n) is 23.1. The number of aliphatic hydroxyl groups excluding tert-OH is 1. The molecule has 0 aliphatic carbocycles. The van der Waals surface area contributed by atoms with E-state index in [9.17, 15) is 19.5 Å². The van der Waals surface area contributed by atoms with E-state index in [2.05, 4.69) is 15.7 Å². The number of nitrogens with two attached hydrogens (primary N) is 1. The number of hydrogen-bond donors (Lipinski definition) is 3. The predicted octanol–water partition coefficient (Wildman–Crippen LogP) is 1.40. The molecule has 216 valence electrons.